The lowest BCUT2D eigenvalue weighted by atomic mass is 10.1. The van der Waals surface area contributed by atoms with E-state index in [9.17, 15) is 4.79 Å². The van der Waals surface area contributed by atoms with Crippen molar-refractivity contribution in [1.82, 2.24) is 4.90 Å². The first-order valence-electron chi connectivity index (χ1n) is 3.76. The molecule has 0 bridgehead atoms. The predicted octanol–water partition coefficient (Wildman–Crippen LogP) is 1.90. The van der Waals surface area contributed by atoms with Gasteiger partial charge in [0.1, 0.15) is 5.50 Å². The summed E-state index contributed by atoms with van der Waals surface area (Å²) < 4.78 is 0. The summed E-state index contributed by atoms with van der Waals surface area (Å²) in [7, 11) is 0. The van der Waals surface area contributed by atoms with Gasteiger partial charge in [-0.15, -0.1) is 0 Å². The summed E-state index contributed by atoms with van der Waals surface area (Å²) in [5, 5.41) is 0. The highest BCUT2D eigenvalue weighted by Crippen LogP contribution is 2.34. The molecule has 1 amide bonds. The molecule has 0 radical (unpaired) electrons. The van der Waals surface area contributed by atoms with Crippen LogP contribution in [0.25, 0.3) is 0 Å². The molecule has 1 aliphatic heterocycles. The molecule has 1 aromatic carbocycles. The molecule has 1 heterocycles. The van der Waals surface area contributed by atoms with Gasteiger partial charge in [-0.05, 0) is 11.1 Å². The van der Waals surface area contributed by atoms with Gasteiger partial charge in [0, 0.05) is 6.54 Å². The number of nitrogens with zero attached hydrogens (tertiary/aromatic N) is 1. The number of hydrogen-bond acceptors (Lipinski definition) is 1. The minimum atomic E-state index is -0.279. The fourth-order valence-corrected chi connectivity index (χ4v) is 1.78. The molecule has 3 heteroatoms. The molecule has 0 fully saturated rings. The Morgan fingerprint density at radius 1 is 1.50 bits per heavy atom. The van der Waals surface area contributed by atoms with Gasteiger partial charge in [0.15, 0.2) is 0 Å². The van der Waals surface area contributed by atoms with Gasteiger partial charge >= 0.3 is 0 Å². The lowest BCUT2D eigenvalue weighted by Gasteiger charge is -2.12. The van der Waals surface area contributed by atoms with Crippen molar-refractivity contribution in [3.8, 4) is 0 Å². The van der Waals surface area contributed by atoms with Crippen molar-refractivity contribution < 1.29 is 4.79 Å². The van der Waals surface area contributed by atoms with Gasteiger partial charge in [0.25, 0.3) is 0 Å². The van der Waals surface area contributed by atoms with Crippen molar-refractivity contribution in [1.29, 1.82) is 0 Å². The van der Waals surface area contributed by atoms with Gasteiger partial charge in [-0.2, -0.15) is 0 Å². The Morgan fingerprint density at radius 3 is 2.92 bits per heavy atom. The van der Waals surface area contributed by atoms with E-state index in [2.05, 4.69) is 0 Å². The number of halogens is 1. The van der Waals surface area contributed by atoms with Crippen molar-refractivity contribution in [3.05, 3.63) is 35.4 Å². The summed E-state index contributed by atoms with van der Waals surface area (Å²) in [4.78, 5) is 12.1. The fraction of sp³-hybridized carbons (Fsp3) is 0.222. The minimum Gasteiger partial charge on any atom is -0.320 e. The number of carbonyl (C=O) groups is 1. The molecule has 12 heavy (non-hydrogen) atoms. The van der Waals surface area contributed by atoms with E-state index < -0.39 is 0 Å². The molecule has 2 nitrogen and oxygen atoms in total. The Labute approximate surface area is 75.7 Å². The summed E-state index contributed by atoms with van der Waals surface area (Å²) in [5.41, 5.74) is 1.91. The zero-order valence-electron chi connectivity index (χ0n) is 6.40. The van der Waals surface area contributed by atoms with Crippen LogP contribution < -0.4 is 0 Å². The number of carbonyl (C=O) groups excluding carboxylic acids is 1. The van der Waals surface area contributed by atoms with Gasteiger partial charge in [0.2, 0.25) is 6.41 Å². The third-order valence-corrected chi connectivity index (χ3v) is 2.58. The number of rotatable bonds is 1. The summed E-state index contributed by atoms with van der Waals surface area (Å²) in [6.07, 6.45) is 0.789. The Morgan fingerprint density at radius 2 is 2.25 bits per heavy atom. The number of amides is 1. The summed E-state index contributed by atoms with van der Waals surface area (Å²) >= 11 is 6.00. The van der Waals surface area contributed by atoms with Crippen LogP contribution >= 0.6 is 11.6 Å². The van der Waals surface area contributed by atoms with Gasteiger partial charge in [-0.25, -0.2) is 0 Å². The standard InChI is InChI=1S/C9H8ClNO/c10-9-8-4-2-1-3-7(8)5-11(9)6-12/h1-4,6,9H,5H2. The highest BCUT2D eigenvalue weighted by Gasteiger charge is 2.26. The van der Waals surface area contributed by atoms with E-state index in [-0.39, 0.29) is 5.50 Å². The first-order chi connectivity index (χ1) is 5.83. The second kappa shape index (κ2) is 2.79. The minimum absolute atomic E-state index is 0.279. The van der Waals surface area contributed by atoms with Crippen LogP contribution in [-0.4, -0.2) is 11.3 Å². The van der Waals surface area contributed by atoms with Gasteiger partial charge in [0.05, 0.1) is 0 Å². The molecule has 1 aliphatic rings. The first-order valence-corrected chi connectivity index (χ1v) is 4.19. The molecular formula is C9H8ClNO. The van der Waals surface area contributed by atoms with Crippen molar-refractivity contribution in [2.75, 3.05) is 0 Å². The summed E-state index contributed by atoms with van der Waals surface area (Å²) in [6, 6.07) is 7.84. The monoisotopic (exact) mass is 181 g/mol. The van der Waals surface area contributed by atoms with E-state index in [0.717, 1.165) is 17.5 Å². The van der Waals surface area contributed by atoms with Crippen molar-refractivity contribution >= 4 is 18.0 Å². The van der Waals surface area contributed by atoms with Crippen LogP contribution in [0.15, 0.2) is 24.3 Å². The average molecular weight is 182 g/mol. The van der Waals surface area contributed by atoms with Crippen LogP contribution in [0.2, 0.25) is 0 Å². The second-order valence-corrected chi connectivity index (χ2v) is 3.23. The number of alkyl halides is 1. The lowest BCUT2D eigenvalue weighted by molar-refractivity contribution is -0.118. The van der Waals surface area contributed by atoms with E-state index in [1.807, 2.05) is 24.3 Å². The Bertz CT molecular complexity index is 313. The lowest BCUT2D eigenvalue weighted by Crippen LogP contribution is -2.15. The number of fused-ring (bicyclic) bond motifs is 1. The Balaban J connectivity index is 2.41. The van der Waals surface area contributed by atoms with E-state index >= 15 is 0 Å². The molecule has 0 saturated carbocycles. The maximum Gasteiger partial charge on any atom is 0.211 e. The predicted molar refractivity (Wildman–Crippen MR) is 46.6 cm³/mol. The smallest absolute Gasteiger partial charge is 0.211 e. The van der Waals surface area contributed by atoms with E-state index in [0.29, 0.717) is 6.54 Å². The van der Waals surface area contributed by atoms with E-state index in [1.165, 1.54) is 0 Å². The number of benzene rings is 1. The largest absolute Gasteiger partial charge is 0.320 e. The first kappa shape index (κ1) is 7.62. The molecule has 62 valence electrons. The van der Waals surface area contributed by atoms with Crippen molar-refractivity contribution in [2.45, 2.75) is 12.0 Å². The second-order valence-electron chi connectivity index (χ2n) is 2.81. The topological polar surface area (TPSA) is 20.3 Å². The molecule has 1 atom stereocenters. The molecular weight excluding hydrogens is 174 g/mol. The van der Waals surface area contributed by atoms with Crippen LogP contribution in [0.1, 0.15) is 16.6 Å². The maximum atomic E-state index is 10.5. The van der Waals surface area contributed by atoms with Crippen LogP contribution in [0.5, 0.6) is 0 Å². The van der Waals surface area contributed by atoms with Crippen molar-refractivity contribution in [2.24, 2.45) is 0 Å². The molecule has 0 aliphatic carbocycles. The highest BCUT2D eigenvalue weighted by atomic mass is 35.5. The fourth-order valence-electron chi connectivity index (χ4n) is 1.46. The third kappa shape index (κ3) is 0.994. The Kier molecular flexibility index (Phi) is 1.77. The summed E-state index contributed by atoms with van der Waals surface area (Å²) in [5.74, 6) is 0. The van der Waals surface area contributed by atoms with Crippen LogP contribution in [0.4, 0.5) is 0 Å². The van der Waals surface area contributed by atoms with Crippen LogP contribution in [-0.2, 0) is 11.3 Å². The normalized spacial score (nSPS) is 20.8. The van der Waals surface area contributed by atoms with E-state index in [1.54, 1.807) is 4.90 Å². The van der Waals surface area contributed by atoms with Gasteiger partial charge < -0.3 is 4.90 Å². The number of hydrogen-bond donors (Lipinski definition) is 0. The van der Waals surface area contributed by atoms with E-state index in [4.69, 9.17) is 11.6 Å². The van der Waals surface area contributed by atoms with Gasteiger partial charge in [-0.3, -0.25) is 4.79 Å². The van der Waals surface area contributed by atoms with Crippen LogP contribution in [0, 0.1) is 0 Å². The van der Waals surface area contributed by atoms with Crippen molar-refractivity contribution in [3.63, 3.8) is 0 Å². The average Bonchev–Trinajstić information content (AvgIpc) is 2.44. The molecule has 0 N–H and O–H groups in total. The summed E-state index contributed by atoms with van der Waals surface area (Å²) in [6.45, 7) is 0.633. The molecule has 0 spiro atoms. The highest BCUT2D eigenvalue weighted by molar-refractivity contribution is 6.21. The SMILES string of the molecule is O=CN1Cc2ccccc2C1Cl. The molecule has 0 aromatic heterocycles. The molecule has 0 saturated heterocycles. The molecule has 1 unspecified atom stereocenters. The molecule has 1 aromatic rings. The van der Waals surface area contributed by atoms with Crippen LogP contribution in [0.3, 0.4) is 0 Å². The maximum absolute atomic E-state index is 10.5. The van der Waals surface area contributed by atoms with Gasteiger partial charge in [-0.1, -0.05) is 35.9 Å². The molecule has 2 rings (SSSR count). The third-order valence-electron chi connectivity index (χ3n) is 2.09. The Hall–Kier alpha value is -1.02. The quantitative estimate of drug-likeness (QED) is 0.368. The zero-order chi connectivity index (χ0) is 8.55. The zero-order valence-corrected chi connectivity index (χ0v) is 7.16.